The number of nitro groups is 1. The summed E-state index contributed by atoms with van der Waals surface area (Å²) in [4.78, 5) is 32.6. The van der Waals surface area contributed by atoms with E-state index in [1.807, 2.05) is 0 Å². The Morgan fingerprint density at radius 1 is 1.38 bits per heavy atom. The van der Waals surface area contributed by atoms with Crippen molar-refractivity contribution in [2.45, 2.75) is 12.8 Å². The van der Waals surface area contributed by atoms with Crippen LogP contribution in [0.25, 0.3) is 11.0 Å². The average molecular weight is 310 g/mol. The van der Waals surface area contributed by atoms with Crippen LogP contribution in [0.3, 0.4) is 0 Å². The van der Waals surface area contributed by atoms with Crippen LogP contribution in [0.4, 0.5) is 5.69 Å². The highest BCUT2D eigenvalue weighted by Crippen LogP contribution is 2.25. The lowest BCUT2D eigenvalue weighted by molar-refractivity contribution is -0.383. The van der Waals surface area contributed by atoms with E-state index in [0.717, 1.165) is 17.8 Å². The van der Waals surface area contributed by atoms with E-state index in [4.69, 9.17) is 5.11 Å². The number of carbonyl (C=O) groups excluding carboxylic acids is 1. The third-order valence-corrected chi connectivity index (χ3v) is 3.20. The van der Waals surface area contributed by atoms with E-state index in [1.54, 1.807) is 0 Å². The minimum Gasteiger partial charge on any atom is -0.481 e. The maximum atomic E-state index is 11.9. The number of aliphatic carboxylic acids is 1. The monoisotopic (exact) mass is 310 g/mol. The van der Waals surface area contributed by atoms with E-state index in [2.05, 4.69) is 14.1 Å². The molecule has 0 unspecified atom stereocenters. The third-order valence-electron chi connectivity index (χ3n) is 2.65. The minimum atomic E-state index is -0.949. The van der Waals surface area contributed by atoms with Crippen molar-refractivity contribution in [3.05, 3.63) is 27.8 Å². The molecule has 0 saturated carbocycles. The molecule has 110 valence electrons. The highest BCUT2D eigenvalue weighted by atomic mass is 32.1. The van der Waals surface area contributed by atoms with Crippen molar-refractivity contribution in [2.24, 2.45) is 0 Å². The largest absolute Gasteiger partial charge is 0.481 e. The second-order valence-electron chi connectivity index (χ2n) is 4.14. The fraction of sp³-hybridized carbons (Fsp3) is 0.273. The second-order valence-corrected chi connectivity index (χ2v) is 4.67. The van der Waals surface area contributed by atoms with Gasteiger partial charge >= 0.3 is 5.97 Å². The van der Waals surface area contributed by atoms with Crippen LogP contribution in [0.2, 0.25) is 0 Å². The quantitative estimate of drug-likeness (QED) is 0.464. The number of rotatable bonds is 6. The molecule has 0 aliphatic carbocycles. The standard InChI is InChI=1S/C11H10N4O5S/c16-9(17)2-1-3-12-11(18)6-4-7-10(14-21-13-7)8(5-6)15(19)20/h4-5H,1-3H2,(H,12,18)(H,16,17). The third kappa shape index (κ3) is 3.48. The summed E-state index contributed by atoms with van der Waals surface area (Å²) in [5, 5.41) is 22.0. The maximum absolute atomic E-state index is 11.9. The number of nitro benzene ring substituents is 1. The first-order chi connectivity index (χ1) is 9.99. The van der Waals surface area contributed by atoms with Gasteiger partial charge < -0.3 is 10.4 Å². The summed E-state index contributed by atoms with van der Waals surface area (Å²) in [7, 11) is 0. The van der Waals surface area contributed by atoms with Gasteiger partial charge in [-0.05, 0) is 12.5 Å². The van der Waals surface area contributed by atoms with Crippen LogP contribution in [0.5, 0.6) is 0 Å². The van der Waals surface area contributed by atoms with Crippen LogP contribution in [0.1, 0.15) is 23.2 Å². The van der Waals surface area contributed by atoms with Crippen LogP contribution in [0, 0.1) is 10.1 Å². The summed E-state index contributed by atoms with van der Waals surface area (Å²) in [6.45, 7) is 0.173. The van der Waals surface area contributed by atoms with Gasteiger partial charge in [0.1, 0.15) is 5.52 Å². The van der Waals surface area contributed by atoms with Crippen LogP contribution in [0.15, 0.2) is 12.1 Å². The SMILES string of the molecule is O=C(O)CCCNC(=O)c1cc([N+](=O)[O-])c2nsnc2c1. The van der Waals surface area contributed by atoms with Crippen LogP contribution in [-0.4, -0.2) is 37.2 Å². The van der Waals surface area contributed by atoms with Gasteiger partial charge in [-0.25, -0.2) is 0 Å². The molecule has 2 N–H and O–H groups in total. The smallest absolute Gasteiger partial charge is 0.303 e. The van der Waals surface area contributed by atoms with Crippen molar-refractivity contribution in [2.75, 3.05) is 6.54 Å². The molecule has 9 nitrogen and oxygen atoms in total. The summed E-state index contributed by atoms with van der Waals surface area (Å²) >= 11 is 0.828. The lowest BCUT2D eigenvalue weighted by Crippen LogP contribution is -2.25. The number of non-ortho nitro benzene ring substituents is 1. The van der Waals surface area contributed by atoms with Crippen LogP contribution < -0.4 is 5.32 Å². The molecule has 10 heteroatoms. The van der Waals surface area contributed by atoms with Crippen LogP contribution in [-0.2, 0) is 4.79 Å². The molecule has 1 aromatic carbocycles. The molecular weight excluding hydrogens is 300 g/mol. The molecule has 21 heavy (non-hydrogen) atoms. The van der Waals surface area contributed by atoms with E-state index >= 15 is 0 Å². The van der Waals surface area contributed by atoms with E-state index < -0.39 is 16.8 Å². The fourth-order valence-corrected chi connectivity index (χ4v) is 2.22. The van der Waals surface area contributed by atoms with Crippen LogP contribution >= 0.6 is 11.7 Å². The average Bonchev–Trinajstić information content (AvgIpc) is 2.89. The Kier molecular flexibility index (Phi) is 4.38. The summed E-state index contributed by atoms with van der Waals surface area (Å²) in [6.07, 6.45) is 0.221. The maximum Gasteiger partial charge on any atom is 0.303 e. The van der Waals surface area contributed by atoms with Crippen molar-refractivity contribution >= 4 is 40.3 Å². The topological polar surface area (TPSA) is 135 Å². The molecule has 2 rings (SSSR count). The Bertz CT molecular complexity index is 714. The first-order valence-corrected chi connectivity index (χ1v) is 6.63. The molecule has 0 saturated heterocycles. The van der Waals surface area contributed by atoms with Gasteiger partial charge in [0.25, 0.3) is 11.6 Å². The first kappa shape index (κ1) is 14.8. The number of amides is 1. The molecule has 0 spiro atoms. The summed E-state index contributed by atoms with van der Waals surface area (Å²) in [5.74, 6) is -1.46. The molecule has 1 amide bonds. The molecule has 0 atom stereocenters. The van der Waals surface area contributed by atoms with Gasteiger partial charge in [0.15, 0.2) is 5.52 Å². The number of carbonyl (C=O) groups is 2. The number of nitrogens with zero attached hydrogens (tertiary/aromatic N) is 3. The lowest BCUT2D eigenvalue weighted by atomic mass is 10.1. The number of aromatic nitrogens is 2. The number of fused-ring (bicyclic) bond motifs is 1. The summed E-state index contributed by atoms with van der Waals surface area (Å²) in [5.41, 5.74) is 0.242. The number of hydrogen-bond acceptors (Lipinski definition) is 7. The van der Waals surface area contributed by atoms with Gasteiger partial charge in [0.05, 0.1) is 16.7 Å². The minimum absolute atomic E-state index is 0.0601. The zero-order valence-electron chi connectivity index (χ0n) is 10.6. The number of carboxylic acid groups (broad SMARTS) is 1. The van der Waals surface area contributed by atoms with E-state index in [0.29, 0.717) is 0 Å². The number of hydrogen-bond donors (Lipinski definition) is 2. The van der Waals surface area contributed by atoms with E-state index in [-0.39, 0.29) is 41.7 Å². The molecule has 2 aromatic rings. The van der Waals surface area contributed by atoms with Crippen molar-refractivity contribution in [1.82, 2.24) is 14.1 Å². The second kappa shape index (κ2) is 6.22. The van der Waals surface area contributed by atoms with E-state index in [1.165, 1.54) is 6.07 Å². The lowest BCUT2D eigenvalue weighted by Gasteiger charge is -2.04. The molecule has 1 aromatic heterocycles. The fourth-order valence-electron chi connectivity index (χ4n) is 1.69. The van der Waals surface area contributed by atoms with Gasteiger partial charge in [0, 0.05) is 24.6 Å². The molecule has 0 aliphatic heterocycles. The van der Waals surface area contributed by atoms with Gasteiger partial charge in [-0.1, -0.05) is 0 Å². The Labute approximate surface area is 122 Å². The zero-order chi connectivity index (χ0) is 15.4. The van der Waals surface area contributed by atoms with Crippen molar-refractivity contribution < 1.29 is 19.6 Å². The van der Waals surface area contributed by atoms with Gasteiger partial charge in [-0.15, -0.1) is 0 Å². The van der Waals surface area contributed by atoms with Gasteiger partial charge in [0.2, 0.25) is 0 Å². The Hall–Kier alpha value is -2.62. The zero-order valence-corrected chi connectivity index (χ0v) is 11.4. The van der Waals surface area contributed by atoms with Gasteiger partial charge in [-0.3, -0.25) is 19.7 Å². The molecular formula is C11H10N4O5S. The Morgan fingerprint density at radius 3 is 2.81 bits per heavy atom. The first-order valence-electron chi connectivity index (χ1n) is 5.89. The molecule has 0 radical (unpaired) electrons. The van der Waals surface area contributed by atoms with Crippen molar-refractivity contribution in [1.29, 1.82) is 0 Å². The summed E-state index contributed by atoms with van der Waals surface area (Å²) in [6, 6.07) is 2.55. The number of nitrogens with one attached hydrogen (secondary N) is 1. The predicted molar refractivity (Wildman–Crippen MR) is 73.3 cm³/mol. The van der Waals surface area contributed by atoms with Crippen molar-refractivity contribution in [3.63, 3.8) is 0 Å². The normalized spacial score (nSPS) is 10.5. The Morgan fingerprint density at radius 2 is 2.14 bits per heavy atom. The Balaban J connectivity index is 2.15. The predicted octanol–water partition coefficient (Wildman–Crippen LogP) is 1.19. The number of carboxylic acids is 1. The summed E-state index contributed by atoms with van der Waals surface area (Å²) < 4.78 is 7.72. The van der Waals surface area contributed by atoms with Gasteiger partial charge in [-0.2, -0.15) is 8.75 Å². The highest BCUT2D eigenvalue weighted by Gasteiger charge is 2.20. The number of benzene rings is 1. The van der Waals surface area contributed by atoms with E-state index in [9.17, 15) is 19.7 Å². The molecule has 1 heterocycles. The molecule has 0 aliphatic rings. The highest BCUT2D eigenvalue weighted by molar-refractivity contribution is 7.00. The molecule has 0 fully saturated rings. The molecule has 0 bridgehead atoms. The van der Waals surface area contributed by atoms with Crippen molar-refractivity contribution in [3.8, 4) is 0 Å².